The van der Waals surface area contributed by atoms with Crippen molar-refractivity contribution in [1.82, 2.24) is 10.2 Å². The van der Waals surface area contributed by atoms with Crippen molar-refractivity contribution < 1.29 is 4.79 Å². The minimum atomic E-state index is -0.543. The Morgan fingerprint density at radius 1 is 1.22 bits per heavy atom. The Labute approximate surface area is 110 Å². The van der Waals surface area contributed by atoms with Crippen LogP contribution in [0.3, 0.4) is 0 Å². The van der Waals surface area contributed by atoms with Gasteiger partial charge in [-0.1, -0.05) is 0 Å². The Bertz CT molecular complexity index is 332. The van der Waals surface area contributed by atoms with Crippen LogP contribution in [-0.2, 0) is 4.79 Å². The summed E-state index contributed by atoms with van der Waals surface area (Å²) in [5.74, 6) is 0.0914. The van der Waals surface area contributed by atoms with E-state index in [0.717, 1.165) is 13.0 Å². The number of hydrogen-bond donors (Lipinski definition) is 2. The molecular weight excluding hydrogens is 226 g/mol. The number of carbonyl (C=O) groups is 1. The summed E-state index contributed by atoms with van der Waals surface area (Å²) >= 11 is 0. The topological polar surface area (TPSA) is 58.4 Å². The first-order chi connectivity index (χ1) is 8.23. The quantitative estimate of drug-likeness (QED) is 0.792. The molecule has 0 spiro atoms. The zero-order valence-corrected chi connectivity index (χ0v) is 12.1. The molecule has 2 aliphatic heterocycles. The molecule has 2 rings (SSSR count). The number of fused-ring (bicyclic) bond motifs is 1. The Morgan fingerprint density at radius 3 is 2.50 bits per heavy atom. The van der Waals surface area contributed by atoms with Crippen molar-refractivity contribution in [3.63, 3.8) is 0 Å². The second kappa shape index (κ2) is 4.49. The summed E-state index contributed by atoms with van der Waals surface area (Å²) in [6, 6.07) is 0.882. The molecule has 1 amide bonds. The highest BCUT2D eigenvalue weighted by molar-refractivity contribution is 5.83. The maximum atomic E-state index is 12.4. The van der Waals surface area contributed by atoms with Gasteiger partial charge in [0.15, 0.2) is 0 Å². The van der Waals surface area contributed by atoms with Crippen LogP contribution in [0.1, 0.15) is 47.0 Å². The van der Waals surface area contributed by atoms with Crippen LogP contribution in [0, 0.1) is 5.41 Å². The number of nitrogens with two attached hydrogens (primary N) is 1. The van der Waals surface area contributed by atoms with Gasteiger partial charge in [0, 0.05) is 24.2 Å². The van der Waals surface area contributed by atoms with E-state index in [0.29, 0.717) is 12.1 Å². The number of nitrogens with zero attached hydrogens (tertiary/aromatic N) is 1. The van der Waals surface area contributed by atoms with E-state index < -0.39 is 11.0 Å². The summed E-state index contributed by atoms with van der Waals surface area (Å²) in [5.41, 5.74) is 5.07. The zero-order chi connectivity index (χ0) is 13.6. The number of nitrogens with one attached hydrogen (secondary N) is 1. The molecule has 0 aliphatic carbocycles. The number of hydrogen-bond acceptors (Lipinski definition) is 3. The first kappa shape index (κ1) is 13.8. The van der Waals surface area contributed by atoms with Crippen LogP contribution >= 0.6 is 0 Å². The van der Waals surface area contributed by atoms with Crippen molar-refractivity contribution >= 4 is 5.91 Å². The lowest BCUT2D eigenvalue weighted by atomic mass is 9.74. The van der Waals surface area contributed by atoms with E-state index >= 15 is 0 Å². The summed E-state index contributed by atoms with van der Waals surface area (Å²) in [6.45, 7) is 10.0. The van der Waals surface area contributed by atoms with Crippen molar-refractivity contribution in [3.8, 4) is 0 Å². The van der Waals surface area contributed by atoms with Crippen molar-refractivity contribution in [2.24, 2.45) is 11.1 Å². The molecular formula is C14H27N3O. The molecule has 0 bridgehead atoms. The van der Waals surface area contributed by atoms with Crippen molar-refractivity contribution in [3.05, 3.63) is 0 Å². The number of rotatable bonds is 3. The average molecular weight is 253 g/mol. The molecule has 0 radical (unpaired) electrons. The molecule has 0 aromatic rings. The fourth-order valence-corrected chi connectivity index (χ4v) is 2.89. The second-order valence-corrected chi connectivity index (χ2v) is 6.96. The minimum Gasteiger partial charge on any atom is -0.351 e. The van der Waals surface area contributed by atoms with Gasteiger partial charge >= 0.3 is 0 Å². The fraction of sp³-hybridized carbons (Fsp3) is 0.929. The first-order valence-corrected chi connectivity index (χ1v) is 7.07. The van der Waals surface area contributed by atoms with E-state index in [-0.39, 0.29) is 5.91 Å². The number of amides is 1. The third-order valence-corrected chi connectivity index (χ3v) is 5.10. The Balaban J connectivity index is 2.00. The third kappa shape index (κ3) is 2.28. The summed E-state index contributed by atoms with van der Waals surface area (Å²) in [7, 11) is 0. The maximum Gasteiger partial charge on any atom is 0.227 e. The van der Waals surface area contributed by atoms with E-state index in [2.05, 4.69) is 10.2 Å². The molecule has 2 aliphatic rings. The highest BCUT2D eigenvalue weighted by Gasteiger charge is 2.44. The van der Waals surface area contributed by atoms with E-state index in [1.807, 2.05) is 27.7 Å². The molecule has 2 fully saturated rings. The Hall–Kier alpha value is -0.610. The lowest BCUT2D eigenvalue weighted by Crippen LogP contribution is -2.58. The number of carbonyl (C=O) groups excluding carboxylic acids is 1. The van der Waals surface area contributed by atoms with E-state index in [4.69, 9.17) is 5.73 Å². The average Bonchev–Trinajstić information content (AvgIpc) is 2.80. The smallest absolute Gasteiger partial charge is 0.227 e. The Morgan fingerprint density at radius 2 is 1.89 bits per heavy atom. The fourth-order valence-electron chi connectivity index (χ4n) is 2.89. The van der Waals surface area contributed by atoms with E-state index in [1.54, 1.807) is 0 Å². The molecule has 0 aromatic heterocycles. The largest absolute Gasteiger partial charge is 0.351 e. The molecule has 2 atom stereocenters. The highest BCUT2D eigenvalue weighted by Crippen LogP contribution is 2.31. The van der Waals surface area contributed by atoms with Crippen molar-refractivity contribution in [1.29, 1.82) is 0 Å². The standard InChI is InChI=1S/C14H27N3O/c1-13(2,14(3,4)15)12(18)16-10-7-9-17-8-5-6-11(10)17/h10-11H,5-9,15H2,1-4H3,(H,16,18). The molecule has 104 valence electrons. The molecule has 18 heavy (non-hydrogen) atoms. The summed E-state index contributed by atoms with van der Waals surface area (Å²) in [6.07, 6.45) is 3.57. The molecule has 2 unspecified atom stereocenters. The van der Waals surface area contributed by atoms with Gasteiger partial charge in [0.05, 0.1) is 5.41 Å². The minimum absolute atomic E-state index is 0.0914. The monoisotopic (exact) mass is 253 g/mol. The predicted octanol–water partition coefficient (Wildman–Crippen LogP) is 1.10. The van der Waals surface area contributed by atoms with Crippen LogP contribution in [0.25, 0.3) is 0 Å². The summed E-state index contributed by atoms with van der Waals surface area (Å²) in [5, 5.41) is 3.24. The van der Waals surface area contributed by atoms with Crippen LogP contribution in [0.15, 0.2) is 0 Å². The van der Waals surface area contributed by atoms with Gasteiger partial charge in [-0.05, 0) is 53.5 Å². The van der Waals surface area contributed by atoms with Gasteiger partial charge in [-0.3, -0.25) is 9.69 Å². The molecule has 3 N–H and O–H groups in total. The highest BCUT2D eigenvalue weighted by atomic mass is 16.2. The van der Waals surface area contributed by atoms with Gasteiger partial charge < -0.3 is 11.1 Å². The van der Waals surface area contributed by atoms with Crippen LogP contribution in [0.5, 0.6) is 0 Å². The first-order valence-electron chi connectivity index (χ1n) is 7.07. The third-order valence-electron chi connectivity index (χ3n) is 5.10. The SMILES string of the molecule is CC(C)(N)C(C)(C)C(=O)NC1CCN2CCCC12. The van der Waals surface area contributed by atoms with Gasteiger partial charge in [-0.25, -0.2) is 0 Å². The Kier molecular flexibility index (Phi) is 3.45. The molecule has 0 aromatic carbocycles. The molecule has 2 heterocycles. The lowest BCUT2D eigenvalue weighted by Gasteiger charge is -2.38. The van der Waals surface area contributed by atoms with Crippen molar-refractivity contribution in [2.45, 2.75) is 64.6 Å². The van der Waals surface area contributed by atoms with Crippen LogP contribution in [0.4, 0.5) is 0 Å². The van der Waals surface area contributed by atoms with E-state index in [9.17, 15) is 4.79 Å². The maximum absolute atomic E-state index is 12.4. The molecule has 4 heteroatoms. The van der Waals surface area contributed by atoms with Crippen LogP contribution in [-0.4, -0.2) is 41.5 Å². The summed E-state index contributed by atoms with van der Waals surface area (Å²) in [4.78, 5) is 15.0. The second-order valence-electron chi connectivity index (χ2n) is 6.96. The molecule has 2 saturated heterocycles. The normalized spacial score (nSPS) is 29.4. The van der Waals surface area contributed by atoms with Gasteiger partial charge in [-0.2, -0.15) is 0 Å². The van der Waals surface area contributed by atoms with Crippen LogP contribution in [0.2, 0.25) is 0 Å². The molecule has 0 saturated carbocycles. The van der Waals surface area contributed by atoms with Gasteiger partial charge in [0.2, 0.25) is 5.91 Å². The van der Waals surface area contributed by atoms with Crippen molar-refractivity contribution in [2.75, 3.05) is 13.1 Å². The zero-order valence-electron chi connectivity index (χ0n) is 12.1. The van der Waals surface area contributed by atoms with Gasteiger partial charge in [0.1, 0.15) is 0 Å². The lowest BCUT2D eigenvalue weighted by molar-refractivity contribution is -0.133. The van der Waals surface area contributed by atoms with Gasteiger partial charge in [-0.15, -0.1) is 0 Å². The van der Waals surface area contributed by atoms with Gasteiger partial charge in [0.25, 0.3) is 0 Å². The summed E-state index contributed by atoms with van der Waals surface area (Å²) < 4.78 is 0. The van der Waals surface area contributed by atoms with Crippen LogP contribution < -0.4 is 11.1 Å². The van der Waals surface area contributed by atoms with E-state index in [1.165, 1.54) is 19.4 Å². The molecule has 4 nitrogen and oxygen atoms in total. The predicted molar refractivity (Wildman–Crippen MR) is 73.2 cm³/mol.